The van der Waals surface area contributed by atoms with E-state index in [0.29, 0.717) is 0 Å². The van der Waals surface area contributed by atoms with Gasteiger partial charge in [0, 0.05) is 0 Å². The third-order valence-corrected chi connectivity index (χ3v) is 3.76. The van der Waals surface area contributed by atoms with E-state index < -0.39 is 8.03 Å². The van der Waals surface area contributed by atoms with Crippen molar-refractivity contribution in [3.8, 4) is 0 Å². The Balaban J connectivity index is 0. The molecule has 1 rings (SSSR count). The second kappa shape index (κ2) is 4.94. The van der Waals surface area contributed by atoms with Crippen LogP contribution in [0.4, 0.5) is 0 Å². The molecule has 0 spiro atoms. The van der Waals surface area contributed by atoms with Gasteiger partial charge in [-0.2, -0.15) is 4.89 Å². The standard InChI is InChI=1S/C7H13O2P.Na.H/c1-7(10(8)9)5-3-2-4-6-7;;/h2-6H2,1H3;;/q;+1;-1/p+1. The molecule has 1 aliphatic rings. The van der Waals surface area contributed by atoms with Crippen molar-refractivity contribution in [1.29, 1.82) is 0 Å². The Morgan fingerprint density at radius 3 is 2.09 bits per heavy atom. The normalized spacial score (nSPS) is 23.6. The summed E-state index contributed by atoms with van der Waals surface area (Å²) in [4.78, 5) is 8.95. The first-order valence-corrected chi connectivity index (χ1v) is 5.03. The molecular formula is C7H15NaO2P+. The molecule has 1 N–H and O–H groups in total. The van der Waals surface area contributed by atoms with Crippen LogP contribution < -0.4 is 29.6 Å². The molecule has 0 saturated heterocycles. The summed E-state index contributed by atoms with van der Waals surface area (Å²) in [6.45, 7) is 1.92. The van der Waals surface area contributed by atoms with Crippen LogP contribution in [-0.2, 0) is 4.57 Å². The first-order valence-electron chi connectivity index (χ1n) is 3.81. The van der Waals surface area contributed by atoms with Crippen LogP contribution in [0.5, 0.6) is 0 Å². The van der Waals surface area contributed by atoms with E-state index in [9.17, 15) is 4.57 Å². The molecule has 0 radical (unpaired) electrons. The van der Waals surface area contributed by atoms with Crippen molar-refractivity contribution in [1.82, 2.24) is 0 Å². The monoisotopic (exact) mass is 185 g/mol. The molecule has 0 aromatic heterocycles. The van der Waals surface area contributed by atoms with Crippen LogP contribution in [0, 0.1) is 0 Å². The largest absolute Gasteiger partial charge is 1.00 e. The molecule has 1 aliphatic carbocycles. The maximum Gasteiger partial charge on any atom is 1.00 e. The molecule has 11 heavy (non-hydrogen) atoms. The van der Waals surface area contributed by atoms with E-state index >= 15 is 0 Å². The summed E-state index contributed by atoms with van der Waals surface area (Å²) in [7, 11) is -1.95. The van der Waals surface area contributed by atoms with Crippen molar-refractivity contribution in [3.05, 3.63) is 0 Å². The maximum absolute atomic E-state index is 10.8. The third kappa shape index (κ3) is 3.12. The summed E-state index contributed by atoms with van der Waals surface area (Å²) in [5.41, 5.74) is 0. The van der Waals surface area contributed by atoms with Gasteiger partial charge in [0.25, 0.3) is 0 Å². The fourth-order valence-electron chi connectivity index (χ4n) is 1.50. The van der Waals surface area contributed by atoms with Crippen LogP contribution in [0.3, 0.4) is 0 Å². The van der Waals surface area contributed by atoms with Gasteiger partial charge >= 0.3 is 37.6 Å². The second-order valence-corrected chi connectivity index (χ2v) is 4.96. The van der Waals surface area contributed by atoms with E-state index in [4.69, 9.17) is 4.89 Å². The van der Waals surface area contributed by atoms with E-state index in [1.165, 1.54) is 6.42 Å². The average Bonchev–Trinajstić information content (AvgIpc) is 1.89. The summed E-state index contributed by atoms with van der Waals surface area (Å²) in [6.07, 6.45) is 5.34. The minimum atomic E-state index is -1.95. The summed E-state index contributed by atoms with van der Waals surface area (Å²) >= 11 is 0. The van der Waals surface area contributed by atoms with Gasteiger partial charge in [-0.25, -0.2) is 0 Å². The molecule has 0 amide bonds. The van der Waals surface area contributed by atoms with Crippen molar-refractivity contribution >= 4 is 8.03 Å². The molecule has 0 aliphatic heterocycles. The van der Waals surface area contributed by atoms with Crippen molar-refractivity contribution in [2.45, 2.75) is 44.2 Å². The van der Waals surface area contributed by atoms with E-state index in [2.05, 4.69) is 0 Å². The predicted molar refractivity (Wildman–Crippen MR) is 42.4 cm³/mol. The molecule has 4 heteroatoms. The Labute approximate surface area is 92.4 Å². The predicted octanol–water partition coefficient (Wildman–Crippen LogP) is -0.440. The van der Waals surface area contributed by atoms with Gasteiger partial charge in [0.05, 0.1) is 0 Å². The number of hydrogen-bond acceptors (Lipinski definition) is 1. The van der Waals surface area contributed by atoms with Crippen molar-refractivity contribution in [2.75, 3.05) is 0 Å². The third-order valence-electron chi connectivity index (χ3n) is 2.39. The average molecular weight is 185 g/mol. The summed E-state index contributed by atoms with van der Waals surface area (Å²) in [5.74, 6) is 0. The Hall–Kier alpha value is 1.06. The molecule has 1 saturated carbocycles. The minimum absolute atomic E-state index is 0. The van der Waals surface area contributed by atoms with Crippen molar-refractivity contribution < 1.29 is 40.4 Å². The fourth-order valence-corrected chi connectivity index (χ4v) is 2.20. The van der Waals surface area contributed by atoms with E-state index in [-0.39, 0.29) is 36.1 Å². The van der Waals surface area contributed by atoms with Gasteiger partial charge in [-0.05, 0) is 37.2 Å². The molecule has 0 aromatic rings. The first-order chi connectivity index (χ1) is 4.65. The molecule has 1 unspecified atom stereocenters. The Morgan fingerprint density at radius 2 is 1.82 bits per heavy atom. The smallest absolute Gasteiger partial charge is 1.00 e. The maximum atomic E-state index is 10.8. The summed E-state index contributed by atoms with van der Waals surface area (Å²) in [5, 5.41) is -0.256. The van der Waals surface area contributed by atoms with Gasteiger partial charge in [0.15, 0.2) is 5.16 Å². The van der Waals surface area contributed by atoms with Crippen LogP contribution in [0.1, 0.15) is 40.5 Å². The SMILES string of the molecule is CC1([P+](=O)O)CCCCC1.[H-].[Na+]. The van der Waals surface area contributed by atoms with Gasteiger partial charge in [-0.15, -0.1) is 0 Å². The zero-order chi connectivity index (χ0) is 7.61. The minimum Gasteiger partial charge on any atom is -1.00 e. The van der Waals surface area contributed by atoms with E-state index in [1.54, 1.807) is 0 Å². The van der Waals surface area contributed by atoms with E-state index in [0.717, 1.165) is 25.7 Å². The molecule has 1 atom stereocenters. The van der Waals surface area contributed by atoms with Crippen molar-refractivity contribution in [3.63, 3.8) is 0 Å². The summed E-state index contributed by atoms with van der Waals surface area (Å²) < 4.78 is 10.8. The molecule has 2 nitrogen and oxygen atoms in total. The van der Waals surface area contributed by atoms with Gasteiger partial charge < -0.3 is 1.43 Å². The number of rotatable bonds is 1. The van der Waals surface area contributed by atoms with Crippen LogP contribution in [-0.4, -0.2) is 10.0 Å². The number of hydrogen-bond donors (Lipinski definition) is 1. The van der Waals surface area contributed by atoms with Gasteiger partial charge in [-0.1, -0.05) is 6.42 Å². The fraction of sp³-hybridized carbons (Fsp3) is 1.00. The Bertz CT molecular complexity index is 148. The molecule has 0 bridgehead atoms. The second-order valence-electron chi connectivity index (χ2n) is 3.33. The summed E-state index contributed by atoms with van der Waals surface area (Å²) in [6, 6.07) is 0. The molecular weight excluding hydrogens is 170 g/mol. The molecule has 60 valence electrons. The van der Waals surface area contributed by atoms with Crippen LogP contribution in [0.25, 0.3) is 0 Å². The van der Waals surface area contributed by atoms with Gasteiger partial charge in [0.2, 0.25) is 0 Å². The Morgan fingerprint density at radius 1 is 1.36 bits per heavy atom. The molecule has 0 aromatic carbocycles. The van der Waals surface area contributed by atoms with Crippen LogP contribution in [0.15, 0.2) is 0 Å². The first kappa shape index (κ1) is 12.1. The van der Waals surface area contributed by atoms with Crippen LogP contribution >= 0.6 is 8.03 Å². The quantitative estimate of drug-likeness (QED) is 0.444. The topological polar surface area (TPSA) is 37.3 Å². The van der Waals surface area contributed by atoms with E-state index in [1.807, 2.05) is 6.92 Å². The molecule has 1 fully saturated rings. The zero-order valence-electron chi connectivity index (χ0n) is 8.34. The molecule has 0 heterocycles. The van der Waals surface area contributed by atoms with Crippen LogP contribution in [0.2, 0.25) is 0 Å². The van der Waals surface area contributed by atoms with Crippen molar-refractivity contribution in [2.24, 2.45) is 0 Å². The van der Waals surface area contributed by atoms with Gasteiger partial charge in [0.1, 0.15) is 0 Å². The Kier molecular flexibility index (Phi) is 5.41. The van der Waals surface area contributed by atoms with Gasteiger partial charge in [-0.3, -0.25) is 0 Å². The zero-order valence-corrected chi connectivity index (χ0v) is 10.2.